The Morgan fingerprint density at radius 2 is 1.48 bits per heavy atom. The molecule has 0 saturated carbocycles. The monoisotopic (exact) mass is 351 g/mol. The Labute approximate surface area is 153 Å². The quantitative estimate of drug-likeness (QED) is 0.217. The highest BCUT2D eigenvalue weighted by Gasteiger charge is 2.08. The van der Waals surface area contributed by atoms with Crippen molar-refractivity contribution >= 4 is 18.0 Å². The molecule has 0 radical (unpaired) electrons. The SMILES string of the molecule is CCCCCCCC(=O)CCCCCC/C=C/C[C@H](C=O)CC(N)=O. The summed E-state index contributed by atoms with van der Waals surface area (Å²) < 4.78 is 0. The van der Waals surface area contributed by atoms with Crippen LogP contribution in [0.25, 0.3) is 0 Å². The molecule has 0 rings (SSSR count). The van der Waals surface area contributed by atoms with Crippen molar-refractivity contribution in [2.45, 2.75) is 96.8 Å². The highest BCUT2D eigenvalue weighted by Crippen LogP contribution is 2.11. The van der Waals surface area contributed by atoms with E-state index < -0.39 is 5.91 Å². The fourth-order valence-corrected chi connectivity index (χ4v) is 2.82. The van der Waals surface area contributed by atoms with Crippen molar-refractivity contribution in [2.24, 2.45) is 11.7 Å². The molecule has 0 aromatic rings. The van der Waals surface area contributed by atoms with E-state index >= 15 is 0 Å². The first kappa shape index (κ1) is 23.5. The molecular formula is C21H37NO3. The van der Waals surface area contributed by atoms with Gasteiger partial charge in [0, 0.05) is 25.2 Å². The van der Waals surface area contributed by atoms with Crippen molar-refractivity contribution in [1.82, 2.24) is 0 Å². The number of carbonyl (C=O) groups is 3. The number of hydrogen-bond donors (Lipinski definition) is 1. The number of carbonyl (C=O) groups excluding carboxylic acids is 3. The molecule has 4 heteroatoms. The first-order valence-corrected chi connectivity index (χ1v) is 10.0. The molecule has 0 aromatic carbocycles. The van der Waals surface area contributed by atoms with E-state index in [9.17, 15) is 14.4 Å². The van der Waals surface area contributed by atoms with Crippen LogP contribution in [0.3, 0.4) is 0 Å². The number of primary amides is 1. The van der Waals surface area contributed by atoms with Crippen LogP contribution in [0, 0.1) is 5.92 Å². The van der Waals surface area contributed by atoms with Gasteiger partial charge < -0.3 is 10.5 Å². The maximum atomic E-state index is 11.7. The number of unbranched alkanes of at least 4 members (excludes halogenated alkanes) is 8. The van der Waals surface area contributed by atoms with Crippen LogP contribution in [0.15, 0.2) is 12.2 Å². The first-order valence-electron chi connectivity index (χ1n) is 10.0. The summed E-state index contributed by atoms with van der Waals surface area (Å²) in [6, 6.07) is 0. The van der Waals surface area contributed by atoms with Crippen LogP contribution < -0.4 is 5.73 Å². The van der Waals surface area contributed by atoms with E-state index in [-0.39, 0.29) is 12.3 Å². The van der Waals surface area contributed by atoms with Crippen molar-refractivity contribution in [3.05, 3.63) is 12.2 Å². The second-order valence-corrected chi connectivity index (χ2v) is 6.93. The summed E-state index contributed by atoms with van der Waals surface area (Å²) in [5, 5.41) is 0. The summed E-state index contributed by atoms with van der Waals surface area (Å²) in [6.45, 7) is 2.20. The third kappa shape index (κ3) is 17.2. The highest BCUT2D eigenvalue weighted by atomic mass is 16.1. The van der Waals surface area contributed by atoms with Crippen LogP contribution >= 0.6 is 0 Å². The first-order chi connectivity index (χ1) is 12.1. The van der Waals surface area contributed by atoms with Crippen LogP contribution in [0.2, 0.25) is 0 Å². The van der Waals surface area contributed by atoms with Gasteiger partial charge >= 0.3 is 0 Å². The Bertz CT molecular complexity index is 391. The van der Waals surface area contributed by atoms with Crippen LogP contribution in [0.1, 0.15) is 96.8 Å². The van der Waals surface area contributed by atoms with E-state index in [2.05, 4.69) is 13.0 Å². The summed E-state index contributed by atoms with van der Waals surface area (Å²) in [5.41, 5.74) is 5.09. The average molecular weight is 352 g/mol. The Kier molecular flexibility index (Phi) is 16.4. The molecule has 0 unspecified atom stereocenters. The molecule has 25 heavy (non-hydrogen) atoms. The van der Waals surface area contributed by atoms with Gasteiger partial charge in [0.25, 0.3) is 0 Å². The largest absolute Gasteiger partial charge is 0.370 e. The van der Waals surface area contributed by atoms with Gasteiger partial charge in [-0.25, -0.2) is 0 Å². The third-order valence-corrected chi connectivity index (χ3v) is 4.40. The van der Waals surface area contributed by atoms with Crippen LogP contribution in [-0.2, 0) is 14.4 Å². The predicted molar refractivity (Wildman–Crippen MR) is 103 cm³/mol. The zero-order valence-corrected chi connectivity index (χ0v) is 16.0. The van der Waals surface area contributed by atoms with Crippen LogP contribution in [0.5, 0.6) is 0 Å². The molecule has 0 saturated heterocycles. The summed E-state index contributed by atoms with van der Waals surface area (Å²) in [5.74, 6) is -0.298. The van der Waals surface area contributed by atoms with E-state index in [1.54, 1.807) is 0 Å². The maximum absolute atomic E-state index is 11.7. The number of amides is 1. The van der Waals surface area contributed by atoms with E-state index in [0.717, 1.165) is 57.7 Å². The number of allylic oxidation sites excluding steroid dienone is 2. The molecule has 0 spiro atoms. The summed E-state index contributed by atoms with van der Waals surface area (Å²) >= 11 is 0. The number of rotatable bonds is 18. The van der Waals surface area contributed by atoms with E-state index in [1.807, 2.05) is 6.08 Å². The minimum Gasteiger partial charge on any atom is -0.370 e. The van der Waals surface area contributed by atoms with E-state index in [4.69, 9.17) is 5.73 Å². The molecule has 0 bridgehead atoms. The van der Waals surface area contributed by atoms with Crippen LogP contribution in [0.4, 0.5) is 0 Å². The normalized spacial score (nSPS) is 12.4. The van der Waals surface area contributed by atoms with Crippen molar-refractivity contribution < 1.29 is 14.4 Å². The molecule has 0 aliphatic carbocycles. The average Bonchev–Trinajstić information content (AvgIpc) is 2.58. The second-order valence-electron chi connectivity index (χ2n) is 6.93. The standard InChI is InChI=1S/C21H37NO3/c1-2-3-4-8-12-15-20(24)16-13-10-7-5-6-9-11-14-19(18-23)17-21(22)25/h9,11,18-19H,2-8,10,12-17H2,1H3,(H2,22,25)/b11-9+/t19-/m0/s1. The number of aldehydes is 1. The molecule has 2 N–H and O–H groups in total. The molecule has 4 nitrogen and oxygen atoms in total. The van der Waals surface area contributed by atoms with Gasteiger partial charge in [-0.05, 0) is 32.1 Å². The van der Waals surface area contributed by atoms with Crippen molar-refractivity contribution in [2.75, 3.05) is 0 Å². The fourth-order valence-electron chi connectivity index (χ4n) is 2.82. The fraction of sp³-hybridized carbons (Fsp3) is 0.762. The maximum Gasteiger partial charge on any atom is 0.218 e. The van der Waals surface area contributed by atoms with E-state index in [0.29, 0.717) is 12.2 Å². The Morgan fingerprint density at radius 3 is 2.04 bits per heavy atom. The Morgan fingerprint density at radius 1 is 0.880 bits per heavy atom. The highest BCUT2D eigenvalue weighted by molar-refractivity contribution is 5.78. The molecule has 1 amide bonds. The zero-order valence-electron chi connectivity index (χ0n) is 16.0. The van der Waals surface area contributed by atoms with Gasteiger partial charge in [0.2, 0.25) is 5.91 Å². The van der Waals surface area contributed by atoms with Gasteiger partial charge in [-0.3, -0.25) is 9.59 Å². The number of nitrogens with two attached hydrogens (primary N) is 1. The summed E-state index contributed by atoms with van der Waals surface area (Å²) in [4.78, 5) is 33.3. The molecular weight excluding hydrogens is 314 g/mol. The minimum absolute atomic E-state index is 0.125. The lowest BCUT2D eigenvalue weighted by atomic mass is 10.0. The van der Waals surface area contributed by atoms with Crippen molar-refractivity contribution in [3.8, 4) is 0 Å². The zero-order chi connectivity index (χ0) is 18.8. The van der Waals surface area contributed by atoms with Crippen molar-refractivity contribution in [3.63, 3.8) is 0 Å². The molecule has 144 valence electrons. The summed E-state index contributed by atoms with van der Waals surface area (Å²) in [6.07, 6.45) is 18.4. The van der Waals surface area contributed by atoms with Crippen LogP contribution in [-0.4, -0.2) is 18.0 Å². The molecule has 0 aliphatic heterocycles. The van der Waals surface area contributed by atoms with Gasteiger partial charge in [-0.2, -0.15) is 0 Å². The predicted octanol–water partition coefficient (Wildman–Crippen LogP) is 4.89. The minimum atomic E-state index is -0.430. The molecule has 0 fully saturated rings. The third-order valence-electron chi connectivity index (χ3n) is 4.40. The topological polar surface area (TPSA) is 77.2 Å². The van der Waals surface area contributed by atoms with Gasteiger partial charge in [-0.15, -0.1) is 0 Å². The molecule has 0 heterocycles. The Balaban J connectivity index is 3.45. The van der Waals surface area contributed by atoms with Gasteiger partial charge in [0.1, 0.15) is 12.1 Å². The molecule has 1 atom stereocenters. The lowest BCUT2D eigenvalue weighted by molar-refractivity contribution is -0.121. The lowest BCUT2D eigenvalue weighted by Gasteiger charge is -2.03. The molecule has 0 aromatic heterocycles. The van der Waals surface area contributed by atoms with E-state index in [1.165, 1.54) is 25.7 Å². The van der Waals surface area contributed by atoms with Gasteiger partial charge in [0.15, 0.2) is 0 Å². The summed E-state index contributed by atoms with van der Waals surface area (Å²) in [7, 11) is 0. The van der Waals surface area contributed by atoms with Gasteiger partial charge in [0.05, 0.1) is 0 Å². The lowest BCUT2D eigenvalue weighted by Crippen LogP contribution is -2.16. The van der Waals surface area contributed by atoms with Gasteiger partial charge in [-0.1, -0.05) is 57.6 Å². The number of hydrogen-bond acceptors (Lipinski definition) is 3. The number of ketones is 1. The Hall–Kier alpha value is -1.45. The second kappa shape index (κ2) is 17.4. The van der Waals surface area contributed by atoms with Crippen molar-refractivity contribution in [1.29, 1.82) is 0 Å². The smallest absolute Gasteiger partial charge is 0.218 e. The molecule has 0 aliphatic rings. The number of Topliss-reactive ketones (excluding diaryl/α,β-unsaturated/α-hetero) is 1.